The number of nitrogens with zero attached hydrogens (tertiary/aromatic N) is 7. The molecule has 0 radical (unpaired) electrons. The fourth-order valence-electron chi connectivity index (χ4n) is 5.31. The number of methoxy groups -OCH3 is 1. The molecule has 0 spiro atoms. The first-order valence-electron chi connectivity index (χ1n) is 12.7. The average molecular weight is 586 g/mol. The highest BCUT2D eigenvalue weighted by molar-refractivity contribution is 7.93. The largest absolute Gasteiger partial charge is 0.394 e. The van der Waals surface area contributed by atoms with Gasteiger partial charge in [0.2, 0.25) is 0 Å². The van der Waals surface area contributed by atoms with Crippen molar-refractivity contribution >= 4 is 9.73 Å². The van der Waals surface area contributed by atoms with Gasteiger partial charge in [0.1, 0.15) is 30.0 Å². The highest BCUT2D eigenvalue weighted by Gasteiger charge is 2.47. The molecular formula is C24H30F3N7O5S. The summed E-state index contributed by atoms with van der Waals surface area (Å²) in [5.41, 5.74) is 0.580. The van der Waals surface area contributed by atoms with E-state index in [9.17, 15) is 27.6 Å². The highest BCUT2D eigenvalue weighted by atomic mass is 32.2. The van der Waals surface area contributed by atoms with Crippen LogP contribution >= 0.6 is 0 Å². The molecule has 0 aliphatic carbocycles. The van der Waals surface area contributed by atoms with E-state index >= 15 is 0 Å². The molecule has 2 saturated heterocycles. The molecule has 2 aromatic heterocycles. The summed E-state index contributed by atoms with van der Waals surface area (Å²) < 4.78 is 72.3. The van der Waals surface area contributed by atoms with Gasteiger partial charge in [-0.25, -0.2) is 31.1 Å². The Hall–Kier alpha value is -2.92. The summed E-state index contributed by atoms with van der Waals surface area (Å²) in [6.45, 7) is -0.503. The monoisotopic (exact) mass is 585 g/mol. The molecule has 40 heavy (non-hydrogen) atoms. The fourth-order valence-corrected chi connectivity index (χ4v) is 7.16. The van der Waals surface area contributed by atoms with Gasteiger partial charge < -0.3 is 19.7 Å². The van der Waals surface area contributed by atoms with Crippen LogP contribution in [0.4, 0.5) is 13.2 Å². The minimum absolute atomic E-state index is 0.0394. The van der Waals surface area contributed by atoms with E-state index in [1.807, 2.05) is 0 Å². The van der Waals surface area contributed by atoms with Gasteiger partial charge in [-0.2, -0.15) is 0 Å². The molecule has 2 aliphatic heterocycles. The second kappa shape index (κ2) is 11.5. The molecule has 0 saturated carbocycles. The van der Waals surface area contributed by atoms with E-state index in [0.29, 0.717) is 30.0 Å². The number of benzene rings is 1. The van der Waals surface area contributed by atoms with Gasteiger partial charge in [0, 0.05) is 53.6 Å². The first-order chi connectivity index (χ1) is 19.2. The second-order valence-electron chi connectivity index (χ2n) is 9.90. The third-order valence-electron chi connectivity index (χ3n) is 7.55. The van der Waals surface area contributed by atoms with Gasteiger partial charge in [-0.05, 0) is 25.0 Å². The molecule has 16 heteroatoms. The molecule has 2 fully saturated rings. The maximum absolute atomic E-state index is 13.8. The number of rotatable bonds is 7. The van der Waals surface area contributed by atoms with Gasteiger partial charge in [0.05, 0.1) is 30.6 Å². The van der Waals surface area contributed by atoms with E-state index in [-0.39, 0.29) is 23.7 Å². The molecule has 12 nitrogen and oxygen atoms in total. The summed E-state index contributed by atoms with van der Waals surface area (Å²) in [6, 6.07) is 0.727. The Bertz CT molecular complexity index is 1440. The summed E-state index contributed by atoms with van der Waals surface area (Å²) in [5, 5.41) is 37.4. The number of hydrogen-bond donors (Lipinski definition) is 2. The van der Waals surface area contributed by atoms with E-state index < -0.39 is 64.2 Å². The Labute approximate surface area is 228 Å². The van der Waals surface area contributed by atoms with E-state index in [4.69, 9.17) is 9.47 Å². The van der Waals surface area contributed by atoms with Crippen LogP contribution < -0.4 is 0 Å². The zero-order chi connectivity index (χ0) is 28.6. The van der Waals surface area contributed by atoms with Crippen LogP contribution in [0.5, 0.6) is 0 Å². The van der Waals surface area contributed by atoms with Crippen molar-refractivity contribution in [1.82, 2.24) is 30.0 Å². The molecule has 1 aromatic carbocycles. The Morgan fingerprint density at radius 3 is 2.40 bits per heavy atom. The van der Waals surface area contributed by atoms with Crippen LogP contribution in [0.2, 0.25) is 0 Å². The van der Waals surface area contributed by atoms with Crippen molar-refractivity contribution in [2.75, 3.05) is 32.3 Å². The van der Waals surface area contributed by atoms with Crippen molar-refractivity contribution in [2.24, 2.45) is 4.36 Å². The summed E-state index contributed by atoms with van der Waals surface area (Å²) in [5.74, 6) is -3.35. The van der Waals surface area contributed by atoms with Crippen LogP contribution in [0.1, 0.15) is 30.6 Å². The number of aromatic nitrogens is 6. The van der Waals surface area contributed by atoms with Crippen molar-refractivity contribution in [3.63, 3.8) is 0 Å². The summed E-state index contributed by atoms with van der Waals surface area (Å²) in [6.07, 6.45) is 0.908. The minimum atomic E-state index is -2.15. The lowest BCUT2D eigenvalue weighted by molar-refractivity contribution is -0.212. The number of aliphatic hydroxyl groups excluding tert-OH is 2. The van der Waals surface area contributed by atoms with Crippen LogP contribution in [-0.2, 0) is 25.6 Å². The Balaban J connectivity index is 1.37. The lowest BCUT2D eigenvalue weighted by Gasteiger charge is -2.43. The normalized spacial score (nSPS) is 30.9. The molecule has 0 bridgehead atoms. The molecular weight excluding hydrogens is 555 g/mol. The van der Waals surface area contributed by atoms with Crippen molar-refractivity contribution in [1.29, 1.82) is 0 Å². The second-order valence-corrected chi connectivity index (χ2v) is 12.6. The van der Waals surface area contributed by atoms with Gasteiger partial charge >= 0.3 is 0 Å². The molecule has 5 rings (SSSR count). The SMILES string of the molecule is CN=S1(=O)CCC(n2cc(C[C@H]3O[C@H](CO)[C@H](O)[C@H](n4cc(-c5cc(F)c(F)c(F)c5)nn4)[C@H]3OC)nn2)CC1. The zero-order valence-electron chi connectivity index (χ0n) is 21.8. The lowest BCUT2D eigenvalue weighted by atomic mass is 9.90. The third kappa shape index (κ3) is 5.50. The lowest BCUT2D eigenvalue weighted by Crippen LogP contribution is -2.57. The van der Waals surface area contributed by atoms with Crippen molar-refractivity contribution in [2.45, 2.75) is 55.8 Å². The Morgan fingerprint density at radius 1 is 1.10 bits per heavy atom. The first-order valence-corrected chi connectivity index (χ1v) is 14.6. The van der Waals surface area contributed by atoms with Gasteiger partial charge in [-0.1, -0.05) is 10.4 Å². The highest BCUT2D eigenvalue weighted by Crippen LogP contribution is 2.34. The Kier molecular flexibility index (Phi) is 8.24. The summed E-state index contributed by atoms with van der Waals surface area (Å²) in [7, 11) is 0.858. The van der Waals surface area contributed by atoms with Crippen molar-refractivity contribution in [3.05, 3.63) is 47.7 Å². The Morgan fingerprint density at radius 2 is 1.77 bits per heavy atom. The number of ether oxygens (including phenoxy) is 2. The van der Waals surface area contributed by atoms with Crippen LogP contribution in [-0.4, -0.2) is 101 Å². The van der Waals surface area contributed by atoms with Gasteiger partial charge in [0.15, 0.2) is 17.5 Å². The van der Waals surface area contributed by atoms with Crippen LogP contribution in [0.15, 0.2) is 28.9 Å². The molecule has 0 unspecified atom stereocenters. The fraction of sp³-hybridized carbons (Fsp3) is 0.583. The average Bonchev–Trinajstić information content (AvgIpc) is 3.63. The van der Waals surface area contributed by atoms with Crippen LogP contribution in [0.3, 0.4) is 0 Å². The minimum Gasteiger partial charge on any atom is -0.394 e. The van der Waals surface area contributed by atoms with E-state index in [1.54, 1.807) is 17.9 Å². The van der Waals surface area contributed by atoms with Crippen LogP contribution in [0.25, 0.3) is 11.3 Å². The molecule has 0 amide bonds. The first kappa shape index (κ1) is 28.6. The maximum atomic E-state index is 13.8. The number of hydrogen-bond acceptors (Lipinski definition) is 10. The van der Waals surface area contributed by atoms with Gasteiger partial charge in [-0.3, -0.25) is 0 Å². The summed E-state index contributed by atoms with van der Waals surface area (Å²) in [4.78, 5) is 0. The molecule has 4 heterocycles. The predicted molar refractivity (Wildman–Crippen MR) is 135 cm³/mol. The van der Waals surface area contributed by atoms with Crippen LogP contribution in [0, 0.1) is 17.5 Å². The van der Waals surface area contributed by atoms with E-state index in [2.05, 4.69) is 25.0 Å². The number of halogens is 3. The van der Waals surface area contributed by atoms with Crippen molar-refractivity contribution in [3.8, 4) is 11.3 Å². The topological polar surface area (TPSA) is 150 Å². The van der Waals surface area contributed by atoms with E-state index in [1.165, 1.54) is 18.0 Å². The smallest absolute Gasteiger partial charge is 0.194 e. The molecule has 218 valence electrons. The molecule has 5 atom stereocenters. The van der Waals surface area contributed by atoms with Gasteiger partial charge in [0.25, 0.3) is 0 Å². The van der Waals surface area contributed by atoms with Gasteiger partial charge in [-0.15, -0.1) is 10.2 Å². The predicted octanol–water partition coefficient (Wildman–Crippen LogP) is 1.31. The molecule has 2 aliphatic rings. The van der Waals surface area contributed by atoms with Crippen molar-refractivity contribution < 1.29 is 37.1 Å². The maximum Gasteiger partial charge on any atom is 0.194 e. The summed E-state index contributed by atoms with van der Waals surface area (Å²) >= 11 is 0. The number of aliphatic hydroxyl groups is 2. The zero-order valence-corrected chi connectivity index (χ0v) is 22.6. The quantitative estimate of drug-likeness (QED) is 0.391. The third-order valence-corrected chi connectivity index (χ3v) is 9.96. The molecule has 3 aromatic rings. The standard InChI is InChI=1S/C24H30F3N7O5S/c1-28-40(37)5-3-15(4-6-40)33-10-14(29-31-33)9-19-24(38-2)22(23(36)20(12-35)39-19)34-11-18(30-32-34)13-7-16(25)21(27)17(26)8-13/h7-8,10-11,15,19-20,22-24,35-36H,3-6,9,12H2,1-2H3/t15?,19-,20-,22+,23+,24+,40?/m1/s1. The molecule has 2 N–H and O–H groups in total. The van der Waals surface area contributed by atoms with E-state index in [0.717, 1.165) is 12.1 Å².